The number of rotatable bonds is 6. The third-order valence-electron chi connectivity index (χ3n) is 4.46. The van der Waals surface area contributed by atoms with Gasteiger partial charge < -0.3 is 10.4 Å². The highest BCUT2D eigenvalue weighted by molar-refractivity contribution is 7.13. The molecule has 2 rings (SSSR count). The van der Waals surface area contributed by atoms with Crippen LogP contribution in [0.1, 0.15) is 66.3 Å². The maximum absolute atomic E-state index is 12.5. The summed E-state index contributed by atoms with van der Waals surface area (Å²) >= 11 is 1.39. The van der Waals surface area contributed by atoms with Crippen LogP contribution in [-0.2, 0) is 11.2 Å². The third kappa shape index (κ3) is 4.31. The second kappa shape index (κ2) is 7.43. The molecule has 0 radical (unpaired) electrons. The fraction of sp³-hybridized carbons (Fsp3) is 0.706. The van der Waals surface area contributed by atoms with Crippen molar-refractivity contribution in [3.05, 3.63) is 15.6 Å². The van der Waals surface area contributed by atoms with Crippen molar-refractivity contribution in [3.8, 4) is 0 Å². The molecule has 0 aliphatic heterocycles. The molecular formula is C17H26N2O3S. The first kappa shape index (κ1) is 17.9. The van der Waals surface area contributed by atoms with E-state index in [1.807, 2.05) is 6.92 Å². The molecule has 1 fully saturated rings. The van der Waals surface area contributed by atoms with Crippen LogP contribution in [0, 0.1) is 18.3 Å². The summed E-state index contributed by atoms with van der Waals surface area (Å²) in [5, 5.41) is 13.3. The molecule has 0 spiro atoms. The van der Waals surface area contributed by atoms with E-state index in [-0.39, 0.29) is 12.5 Å². The van der Waals surface area contributed by atoms with Crippen LogP contribution < -0.4 is 5.32 Å². The van der Waals surface area contributed by atoms with E-state index in [0.717, 1.165) is 36.4 Å². The number of carboxylic acids is 1. The van der Waals surface area contributed by atoms with E-state index in [1.165, 1.54) is 11.3 Å². The Morgan fingerprint density at radius 1 is 1.30 bits per heavy atom. The SMILES string of the molecule is Cc1nc(CC(C)C)c(C(=O)NCC2(C(=O)O)CCCCC2)s1. The van der Waals surface area contributed by atoms with Gasteiger partial charge in [-0.25, -0.2) is 4.98 Å². The van der Waals surface area contributed by atoms with Gasteiger partial charge in [-0.15, -0.1) is 11.3 Å². The topological polar surface area (TPSA) is 79.3 Å². The van der Waals surface area contributed by atoms with Gasteiger partial charge in [0.2, 0.25) is 0 Å². The number of amides is 1. The molecule has 0 atom stereocenters. The van der Waals surface area contributed by atoms with Crippen molar-refractivity contribution in [3.63, 3.8) is 0 Å². The van der Waals surface area contributed by atoms with Gasteiger partial charge >= 0.3 is 5.97 Å². The summed E-state index contributed by atoms with van der Waals surface area (Å²) in [7, 11) is 0. The zero-order chi connectivity index (χ0) is 17.0. The second-order valence-electron chi connectivity index (χ2n) is 6.94. The Morgan fingerprint density at radius 2 is 1.96 bits per heavy atom. The molecule has 2 N–H and O–H groups in total. The zero-order valence-corrected chi connectivity index (χ0v) is 15.0. The minimum absolute atomic E-state index is 0.183. The minimum Gasteiger partial charge on any atom is -0.481 e. The molecule has 23 heavy (non-hydrogen) atoms. The van der Waals surface area contributed by atoms with E-state index < -0.39 is 11.4 Å². The lowest BCUT2D eigenvalue weighted by atomic mass is 9.74. The molecule has 1 aromatic rings. The number of carboxylic acid groups (broad SMARTS) is 1. The number of carbonyl (C=O) groups is 2. The number of hydrogen-bond acceptors (Lipinski definition) is 4. The Morgan fingerprint density at radius 3 is 2.52 bits per heavy atom. The standard InChI is InChI=1S/C17H26N2O3S/c1-11(2)9-13-14(23-12(3)19-13)15(20)18-10-17(16(21)22)7-5-4-6-8-17/h11H,4-10H2,1-3H3,(H,18,20)(H,21,22). The molecule has 6 heteroatoms. The Hall–Kier alpha value is -1.43. The van der Waals surface area contributed by atoms with Crippen LogP contribution in [0.5, 0.6) is 0 Å². The van der Waals surface area contributed by atoms with E-state index >= 15 is 0 Å². The molecule has 1 amide bonds. The van der Waals surface area contributed by atoms with Gasteiger partial charge in [0.05, 0.1) is 16.1 Å². The van der Waals surface area contributed by atoms with Crippen LogP contribution in [0.4, 0.5) is 0 Å². The zero-order valence-electron chi connectivity index (χ0n) is 14.1. The van der Waals surface area contributed by atoms with Crippen molar-refractivity contribution in [2.45, 2.75) is 59.3 Å². The molecule has 0 bridgehead atoms. The quantitative estimate of drug-likeness (QED) is 0.833. The molecule has 1 aliphatic carbocycles. The summed E-state index contributed by atoms with van der Waals surface area (Å²) in [6.45, 7) is 6.29. The summed E-state index contributed by atoms with van der Waals surface area (Å²) in [5.74, 6) is -0.551. The summed E-state index contributed by atoms with van der Waals surface area (Å²) < 4.78 is 0. The first-order chi connectivity index (χ1) is 10.8. The molecule has 5 nitrogen and oxygen atoms in total. The first-order valence-corrected chi connectivity index (χ1v) is 9.13. The number of thiazole rings is 1. The highest BCUT2D eigenvalue weighted by atomic mass is 32.1. The predicted molar refractivity (Wildman–Crippen MR) is 90.9 cm³/mol. The fourth-order valence-electron chi connectivity index (χ4n) is 3.20. The van der Waals surface area contributed by atoms with E-state index in [2.05, 4.69) is 24.1 Å². The highest BCUT2D eigenvalue weighted by Gasteiger charge is 2.40. The van der Waals surface area contributed by atoms with Gasteiger partial charge in [0, 0.05) is 6.54 Å². The monoisotopic (exact) mass is 338 g/mol. The van der Waals surface area contributed by atoms with Crippen molar-refractivity contribution in [2.75, 3.05) is 6.54 Å². The van der Waals surface area contributed by atoms with Gasteiger partial charge in [-0.05, 0) is 32.1 Å². The van der Waals surface area contributed by atoms with E-state index in [1.54, 1.807) is 0 Å². The average molecular weight is 338 g/mol. The lowest BCUT2D eigenvalue weighted by molar-refractivity contribution is -0.150. The van der Waals surface area contributed by atoms with Crippen molar-refractivity contribution in [1.29, 1.82) is 0 Å². The number of nitrogens with zero attached hydrogens (tertiary/aromatic N) is 1. The van der Waals surface area contributed by atoms with Gasteiger partial charge in [0.15, 0.2) is 0 Å². The van der Waals surface area contributed by atoms with E-state index in [9.17, 15) is 14.7 Å². The van der Waals surface area contributed by atoms with Crippen molar-refractivity contribution in [1.82, 2.24) is 10.3 Å². The lowest BCUT2D eigenvalue weighted by Gasteiger charge is -2.33. The molecular weight excluding hydrogens is 312 g/mol. The molecule has 1 saturated carbocycles. The largest absolute Gasteiger partial charge is 0.481 e. The maximum Gasteiger partial charge on any atom is 0.311 e. The van der Waals surface area contributed by atoms with Crippen LogP contribution in [0.25, 0.3) is 0 Å². The van der Waals surface area contributed by atoms with Gasteiger partial charge in [-0.3, -0.25) is 9.59 Å². The van der Waals surface area contributed by atoms with Crippen molar-refractivity contribution >= 4 is 23.2 Å². The Balaban J connectivity index is 2.08. The molecule has 128 valence electrons. The number of hydrogen-bond donors (Lipinski definition) is 2. The van der Waals surface area contributed by atoms with E-state index in [0.29, 0.717) is 23.6 Å². The van der Waals surface area contributed by atoms with Crippen molar-refractivity contribution in [2.24, 2.45) is 11.3 Å². The Bertz CT molecular complexity index is 574. The number of nitrogens with one attached hydrogen (secondary N) is 1. The average Bonchev–Trinajstić information content (AvgIpc) is 2.85. The highest BCUT2D eigenvalue weighted by Crippen LogP contribution is 2.36. The van der Waals surface area contributed by atoms with Crippen LogP contribution in [-0.4, -0.2) is 28.5 Å². The molecule has 1 aromatic heterocycles. The third-order valence-corrected chi connectivity index (χ3v) is 5.48. The summed E-state index contributed by atoms with van der Waals surface area (Å²) in [4.78, 5) is 29.3. The number of aromatic nitrogens is 1. The van der Waals surface area contributed by atoms with Crippen LogP contribution in [0.3, 0.4) is 0 Å². The predicted octanol–water partition coefficient (Wildman–Crippen LogP) is 3.41. The molecule has 1 aliphatic rings. The van der Waals surface area contributed by atoms with Crippen LogP contribution >= 0.6 is 11.3 Å². The fourth-order valence-corrected chi connectivity index (χ4v) is 4.06. The van der Waals surface area contributed by atoms with Gasteiger partial charge in [0.25, 0.3) is 5.91 Å². The van der Waals surface area contributed by atoms with Gasteiger partial charge in [-0.1, -0.05) is 33.1 Å². The van der Waals surface area contributed by atoms with Gasteiger partial charge in [-0.2, -0.15) is 0 Å². The molecule has 0 aromatic carbocycles. The second-order valence-corrected chi connectivity index (χ2v) is 8.14. The number of carbonyl (C=O) groups excluding carboxylic acids is 1. The molecule has 0 saturated heterocycles. The summed E-state index contributed by atoms with van der Waals surface area (Å²) in [5.41, 5.74) is 0.0271. The van der Waals surface area contributed by atoms with Crippen LogP contribution in [0.15, 0.2) is 0 Å². The summed E-state index contributed by atoms with van der Waals surface area (Å²) in [6.07, 6.45) is 4.96. The first-order valence-electron chi connectivity index (χ1n) is 8.32. The van der Waals surface area contributed by atoms with Crippen molar-refractivity contribution < 1.29 is 14.7 Å². The lowest BCUT2D eigenvalue weighted by Crippen LogP contribution is -2.44. The van der Waals surface area contributed by atoms with Crippen LogP contribution in [0.2, 0.25) is 0 Å². The number of aliphatic carboxylic acids is 1. The number of aryl methyl sites for hydroxylation is 1. The maximum atomic E-state index is 12.5. The Kier molecular flexibility index (Phi) is 5.79. The molecule has 1 heterocycles. The van der Waals surface area contributed by atoms with Gasteiger partial charge in [0.1, 0.15) is 4.88 Å². The minimum atomic E-state index is -0.800. The van der Waals surface area contributed by atoms with E-state index in [4.69, 9.17) is 0 Å². The Labute approximate surface area is 141 Å². The normalized spacial score (nSPS) is 17.2. The smallest absolute Gasteiger partial charge is 0.311 e. The summed E-state index contributed by atoms with van der Waals surface area (Å²) in [6, 6.07) is 0. The molecule has 0 unspecified atom stereocenters.